The second-order valence-corrected chi connectivity index (χ2v) is 6.92. The summed E-state index contributed by atoms with van der Waals surface area (Å²) in [5, 5.41) is 5.34. The van der Waals surface area contributed by atoms with Crippen LogP contribution in [0.2, 0.25) is 0 Å². The van der Waals surface area contributed by atoms with Crippen LogP contribution in [0.5, 0.6) is 23.0 Å². The van der Waals surface area contributed by atoms with Crippen molar-refractivity contribution in [1.82, 2.24) is 0 Å². The number of nitrogens with one attached hydrogen (secondary N) is 2. The molecule has 0 radical (unpaired) electrons. The molecule has 0 aliphatic heterocycles. The molecule has 2 aromatic rings. The molecule has 0 bridgehead atoms. The minimum Gasteiger partial charge on any atom is -0.496 e. The molecule has 0 aromatic heterocycles. The zero-order valence-electron chi connectivity index (χ0n) is 19.9. The monoisotopic (exact) mass is 472 g/mol. The summed E-state index contributed by atoms with van der Waals surface area (Å²) in [6.45, 7) is 2.66. The van der Waals surface area contributed by atoms with Crippen LogP contribution in [0.15, 0.2) is 36.4 Å². The Morgan fingerprint density at radius 1 is 0.853 bits per heavy atom. The van der Waals surface area contributed by atoms with E-state index >= 15 is 0 Å². The van der Waals surface area contributed by atoms with Crippen LogP contribution in [0.25, 0.3) is 6.08 Å². The zero-order chi connectivity index (χ0) is 25.3. The van der Waals surface area contributed by atoms with Gasteiger partial charge in [0.1, 0.15) is 23.0 Å². The first-order valence-corrected chi connectivity index (χ1v) is 10.2. The number of hydrogen-bond donors (Lipinski definition) is 2. The molecule has 2 rings (SSSR count). The maximum atomic E-state index is 12.5. The highest BCUT2D eigenvalue weighted by Gasteiger charge is 2.18. The van der Waals surface area contributed by atoms with Gasteiger partial charge in [0.25, 0.3) is 5.91 Å². The van der Waals surface area contributed by atoms with E-state index in [-0.39, 0.29) is 0 Å². The highest BCUT2D eigenvalue weighted by Crippen LogP contribution is 2.35. The van der Waals surface area contributed by atoms with E-state index in [0.29, 0.717) is 39.9 Å². The van der Waals surface area contributed by atoms with E-state index < -0.39 is 23.9 Å². The number of anilines is 2. The van der Waals surface area contributed by atoms with E-state index in [4.69, 9.17) is 23.7 Å². The van der Waals surface area contributed by atoms with Crippen molar-refractivity contribution in [3.63, 3.8) is 0 Å². The number of methoxy groups -OCH3 is 4. The maximum Gasteiger partial charge on any atom is 0.303 e. The number of hydrogen-bond acceptors (Lipinski definition) is 8. The molecule has 1 atom stereocenters. The first-order valence-electron chi connectivity index (χ1n) is 10.2. The van der Waals surface area contributed by atoms with Crippen LogP contribution in [0.1, 0.15) is 19.4 Å². The molecule has 0 heterocycles. The predicted octanol–water partition coefficient (Wildman–Crippen LogP) is 3.26. The van der Waals surface area contributed by atoms with Crippen molar-refractivity contribution in [3.8, 4) is 23.0 Å². The van der Waals surface area contributed by atoms with Crippen LogP contribution in [-0.2, 0) is 19.1 Å². The Balaban J connectivity index is 2.21. The molecule has 0 aliphatic carbocycles. The van der Waals surface area contributed by atoms with Crippen molar-refractivity contribution < 1.29 is 38.1 Å². The van der Waals surface area contributed by atoms with Crippen LogP contribution < -0.4 is 29.6 Å². The van der Waals surface area contributed by atoms with E-state index in [1.54, 1.807) is 30.3 Å². The summed E-state index contributed by atoms with van der Waals surface area (Å²) in [5.41, 5.74) is 1.26. The van der Waals surface area contributed by atoms with Crippen LogP contribution in [-0.4, -0.2) is 52.3 Å². The van der Waals surface area contributed by atoms with Gasteiger partial charge < -0.3 is 34.3 Å². The minimum absolute atomic E-state index is 0.298. The van der Waals surface area contributed by atoms with E-state index in [1.807, 2.05) is 0 Å². The van der Waals surface area contributed by atoms with Crippen molar-refractivity contribution in [2.24, 2.45) is 0 Å². The Hall–Kier alpha value is -4.21. The van der Waals surface area contributed by atoms with E-state index in [1.165, 1.54) is 54.4 Å². The summed E-state index contributed by atoms with van der Waals surface area (Å²) in [6.07, 6.45) is 1.87. The highest BCUT2D eigenvalue weighted by molar-refractivity contribution is 6.03. The van der Waals surface area contributed by atoms with E-state index in [0.717, 1.165) is 0 Å². The number of benzene rings is 2. The molecule has 0 aliphatic rings. The van der Waals surface area contributed by atoms with Crippen molar-refractivity contribution in [2.75, 3.05) is 39.1 Å². The lowest BCUT2D eigenvalue weighted by atomic mass is 10.1. The highest BCUT2D eigenvalue weighted by atomic mass is 16.5. The molecular weight excluding hydrogens is 444 g/mol. The largest absolute Gasteiger partial charge is 0.496 e. The third-order valence-electron chi connectivity index (χ3n) is 4.59. The molecule has 0 saturated carbocycles. The number of amides is 2. The van der Waals surface area contributed by atoms with E-state index in [2.05, 4.69) is 10.6 Å². The summed E-state index contributed by atoms with van der Waals surface area (Å²) in [4.78, 5) is 35.9. The smallest absolute Gasteiger partial charge is 0.303 e. The van der Waals surface area contributed by atoms with Gasteiger partial charge in [-0.1, -0.05) is 0 Å². The molecule has 0 fully saturated rings. The normalized spacial score (nSPS) is 11.4. The van der Waals surface area contributed by atoms with Gasteiger partial charge in [0, 0.05) is 30.8 Å². The Kier molecular flexibility index (Phi) is 9.30. The van der Waals surface area contributed by atoms with Crippen LogP contribution in [0, 0.1) is 0 Å². The number of carbonyl (C=O) groups is 3. The maximum absolute atomic E-state index is 12.5. The van der Waals surface area contributed by atoms with Crippen LogP contribution in [0.4, 0.5) is 11.4 Å². The molecule has 0 spiro atoms. The van der Waals surface area contributed by atoms with Crippen LogP contribution >= 0.6 is 0 Å². The molecular formula is C24H28N2O8. The van der Waals surface area contributed by atoms with Gasteiger partial charge in [-0.3, -0.25) is 14.4 Å². The summed E-state index contributed by atoms with van der Waals surface area (Å²) >= 11 is 0. The van der Waals surface area contributed by atoms with Gasteiger partial charge >= 0.3 is 5.97 Å². The van der Waals surface area contributed by atoms with Gasteiger partial charge in [0.05, 0.1) is 39.7 Å². The standard InChI is InChI=1S/C24H28N2O8/c1-14(34-15(2)27)24(29)26-19-11-16(7-9-20(19)31-4)25-23(28)10-8-18-21(32-5)12-17(30-3)13-22(18)33-6/h7-14H,1-6H3,(H,25,28)(H,26,29). The van der Waals surface area contributed by atoms with Gasteiger partial charge in [-0.2, -0.15) is 0 Å². The minimum atomic E-state index is -1.00. The molecule has 2 amide bonds. The zero-order valence-corrected chi connectivity index (χ0v) is 19.9. The van der Waals surface area contributed by atoms with Crippen molar-refractivity contribution in [3.05, 3.63) is 42.0 Å². The molecule has 10 nitrogen and oxygen atoms in total. The summed E-state index contributed by atoms with van der Waals surface area (Å²) < 4.78 is 26.1. The third kappa shape index (κ3) is 6.89. The van der Waals surface area contributed by atoms with Crippen molar-refractivity contribution in [1.29, 1.82) is 0 Å². The first kappa shape index (κ1) is 26.0. The van der Waals surface area contributed by atoms with E-state index in [9.17, 15) is 14.4 Å². The Morgan fingerprint density at radius 2 is 1.47 bits per heavy atom. The SMILES string of the molecule is COc1cc(OC)c(C=CC(=O)Nc2ccc(OC)c(NC(=O)C(C)OC(C)=O)c2)c(OC)c1. The molecule has 2 N–H and O–H groups in total. The number of rotatable bonds is 10. The lowest BCUT2D eigenvalue weighted by Gasteiger charge is -2.15. The first-order chi connectivity index (χ1) is 16.2. The summed E-state index contributed by atoms with van der Waals surface area (Å²) in [5.74, 6) is 0.294. The lowest BCUT2D eigenvalue weighted by molar-refractivity contribution is -0.150. The quantitative estimate of drug-likeness (QED) is 0.399. The fraction of sp³-hybridized carbons (Fsp3) is 0.292. The summed E-state index contributed by atoms with van der Waals surface area (Å²) in [7, 11) is 5.97. The predicted molar refractivity (Wildman–Crippen MR) is 127 cm³/mol. The fourth-order valence-corrected chi connectivity index (χ4v) is 2.96. The van der Waals surface area contributed by atoms with Gasteiger partial charge in [-0.15, -0.1) is 0 Å². The molecule has 182 valence electrons. The fourth-order valence-electron chi connectivity index (χ4n) is 2.96. The lowest BCUT2D eigenvalue weighted by Crippen LogP contribution is -2.29. The number of esters is 1. The Morgan fingerprint density at radius 3 is 2.00 bits per heavy atom. The summed E-state index contributed by atoms with van der Waals surface area (Å²) in [6, 6.07) is 8.08. The van der Waals surface area contributed by atoms with Gasteiger partial charge in [-0.25, -0.2) is 0 Å². The number of carbonyl (C=O) groups excluding carboxylic acids is 3. The molecule has 1 unspecified atom stereocenters. The second kappa shape index (κ2) is 12.1. The Labute approximate surface area is 197 Å². The van der Waals surface area contributed by atoms with Crippen molar-refractivity contribution in [2.45, 2.75) is 20.0 Å². The second-order valence-electron chi connectivity index (χ2n) is 6.92. The number of ether oxygens (including phenoxy) is 5. The van der Waals surface area contributed by atoms with Gasteiger partial charge in [0.15, 0.2) is 6.10 Å². The van der Waals surface area contributed by atoms with Crippen molar-refractivity contribution >= 4 is 35.2 Å². The van der Waals surface area contributed by atoms with Gasteiger partial charge in [-0.05, 0) is 31.2 Å². The molecule has 34 heavy (non-hydrogen) atoms. The molecule has 2 aromatic carbocycles. The topological polar surface area (TPSA) is 121 Å². The average molecular weight is 472 g/mol. The average Bonchev–Trinajstić information content (AvgIpc) is 2.81. The molecule has 10 heteroatoms. The van der Waals surface area contributed by atoms with Crippen LogP contribution in [0.3, 0.4) is 0 Å². The third-order valence-corrected chi connectivity index (χ3v) is 4.59. The molecule has 0 saturated heterocycles. The Bertz CT molecular complexity index is 1060. The van der Waals surface area contributed by atoms with Gasteiger partial charge in [0.2, 0.25) is 5.91 Å².